The van der Waals surface area contributed by atoms with Gasteiger partial charge in [0.1, 0.15) is 0 Å². The number of rotatable bonds is 0. The summed E-state index contributed by atoms with van der Waals surface area (Å²) < 4.78 is 12.8. The van der Waals surface area contributed by atoms with Gasteiger partial charge in [-0.3, -0.25) is 4.79 Å². The molecule has 5 nitrogen and oxygen atoms in total. The van der Waals surface area contributed by atoms with E-state index in [1.165, 1.54) is 6.08 Å². The number of hydrogen-bond donors (Lipinski definition) is 2. The van der Waals surface area contributed by atoms with Gasteiger partial charge in [0.05, 0.1) is 30.5 Å². The van der Waals surface area contributed by atoms with Crippen LogP contribution >= 0.6 is 0 Å². The topological polar surface area (TPSA) is 76.0 Å². The minimum Gasteiger partial charge on any atom is -0.504 e. The standard InChI is InChI=1S/C24H32O5/c1-14-6-9-23(2,3)7-5-8-24(4)16(11-17(14)25)22-21-15(13-28-22)10-18(26)19(27)12-20(21)29-24/h5-7,10,12,16-17,20-22,25,27H,8-9,11,13H2,1-4H3/b7-5+,14-6?/t16-,17?,20?,21?,22-,24+/m0/s1. The van der Waals surface area contributed by atoms with E-state index in [1.54, 1.807) is 6.08 Å². The van der Waals surface area contributed by atoms with Crippen LogP contribution in [0.4, 0.5) is 0 Å². The Morgan fingerprint density at radius 3 is 2.72 bits per heavy atom. The van der Waals surface area contributed by atoms with Crippen molar-refractivity contribution in [1.82, 2.24) is 0 Å². The molecule has 158 valence electrons. The second kappa shape index (κ2) is 7.22. The van der Waals surface area contributed by atoms with E-state index in [4.69, 9.17) is 9.47 Å². The lowest BCUT2D eigenvalue weighted by molar-refractivity contribution is -0.199. The minimum absolute atomic E-state index is 0.0128. The van der Waals surface area contributed by atoms with Crippen LogP contribution in [-0.4, -0.2) is 46.5 Å². The number of allylic oxidation sites excluding steroid dienone is 3. The van der Waals surface area contributed by atoms with E-state index in [-0.39, 0.29) is 29.1 Å². The fraction of sp³-hybridized carbons (Fsp3) is 0.625. The summed E-state index contributed by atoms with van der Waals surface area (Å²) in [5, 5.41) is 21.1. The molecule has 0 bridgehead atoms. The Hall–Kier alpha value is -1.69. The highest BCUT2D eigenvalue weighted by molar-refractivity contribution is 6.03. The summed E-state index contributed by atoms with van der Waals surface area (Å²) >= 11 is 0. The van der Waals surface area contributed by atoms with Gasteiger partial charge in [-0.25, -0.2) is 0 Å². The fourth-order valence-electron chi connectivity index (χ4n) is 5.19. The summed E-state index contributed by atoms with van der Waals surface area (Å²) in [4.78, 5) is 12.2. The van der Waals surface area contributed by atoms with Crippen LogP contribution in [0.5, 0.6) is 0 Å². The van der Waals surface area contributed by atoms with Crippen molar-refractivity contribution >= 4 is 5.78 Å². The zero-order valence-corrected chi connectivity index (χ0v) is 17.7. The first-order chi connectivity index (χ1) is 13.6. The summed E-state index contributed by atoms with van der Waals surface area (Å²) in [5.74, 6) is -0.800. The van der Waals surface area contributed by atoms with Crippen molar-refractivity contribution in [2.24, 2.45) is 17.3 Å². The number of carbonyl (C=O) groups is 1. The van der Waals surface area contributed by atoms with E-state index >= 15 is 0 Å². The van der Waals surface area contributed by atoms with E-state index in [1.807, 2.05) is 6.92 Å². The predicted octanol–water partition coefficient (Wildman–Crippen LogP) is 3.80. The van der Waals surface area contributed by atoms with Crippen LogP contribution in [0.1, 0.15) is 47.0 Å². The van der Waals surface area contributed by atoms with E-state index in [0.29, 0.717) is 19.4 Å². The van der Waals surface area contributed by atoms with Crippen LogP contribution in [0.3, 0.4) is 0 Å². The fourth-order valence-corrected chi connectivity index (χ4v) is 5.19. The van der Waals surface area contributed by atoms with Crippen LogP contribution in [0.15, 0.2) is 47.3 Å². The van der Waals surface area contributed by atoms with Gasteiger partial charge < -0.3 is 19.7 Å². The minimum atomic E-state index is -0.580. The molecular weight excluding hydrogens is 368 g/mol. The second-order valence-corrected chi connectivity index (χ2v) is 9.94. The van der Waals surface area contributed by atoms with Gasteiger partial charge in [0, 0.05) is 11.8 Å². The molecule has 29 heavy (non-hydrogen) atoms. The van der Waals surface area contributed by atoms with Crippen molar-refractivity contribution in [3.63, 3.8) is 0 Å². The molecule has 4 aliphatic rings. The molecule has 2 aliphatic carbocycles. The van der Waals surface area contributed by atoms with Gasteiger partial charge >= 0.3 is 0 Å². The Balaban J connectivity index is 1.76. The summed E-state index contributed by atoms with van der Waals surface area (Å²) in [7, 11) is 0. The average molecular weight is 401 g/mol. The monoisotopic (exact) mass is 400 g/mol. The molecule has 3 unspecified atom stereocenters. The van der Waals surface area contributed by atoms with Crippen LogP contribution in [0.25, 0.3) is 0 Å². The van der Waals surface area contributed by atoms with Gasteiger partial charge in [0.2, 0.25) is 5.78 Å². The Bertz CT molecular complexity index is 817. The summed E-state index contributed by atoms with van der Waals surface area (Å²) in [6.07, 6.45) is 10.5. The number of ketones is 1. The Kier molecular flexibility index (Phi) is 5.12. The highest BCUT2D eigenvalue weighted by atomic mass is 16.5. The number of carbonyl (C=O) groups excluding carboxylic acids is 1. The first-order valence-electron chi connectivity index (χ1n) is 10.6. The smallest absolute Gasteiger partial charge is 0.219 e. The molecule has 5 heteroatoms. The molecule has 2 N–H and O–H groups in total. The predicted molar refractivity (Wildman–Crippen MR) is 110 cm³/mol. The Labute approximate surface area is 172 Å². The zero-order valence-electron chi connectivity index (χ0n) is 17.7. The van der Waals surface area contributed by atoms with Crippen molar-refractivity contribution in [1.29, 1.82) is 0 Å². The van der Waals surface area contributed by atoms with Gasteiger partial charge in [-0.1, -0.05) is 32.1 Å². The van der Waals surface area contributed by atoms with Gasteiger partial charge in [-0.2, -0.15) is 0 Å². The van der Waals surface area contributed by atoms with Crippen LogP contribution in [-0.2, 0) is 14.3 Å². The molecule has 6 atom stereocenters. The highest BCUT2D eigenvalue weighted by Gasteiger charge is 2.56. The largest absolute Gasteiger partial charge is 0.504 e. The van der Waals surface area contributed by atoms with Gasteiger partial charge in [0.15, 0.2) is 5.76 Å². The van der Waals surface area contributed by atoms with Crippen LogP contribution in [0.2, 0.25) is 0 Å². The first kappa shape index (κ1) is 20.6. The molecule has 0 aromatic carbocycles. The lowest BCUT2D eigenvalue weighted by Crippen LogP contribution is -2.56. The van der Waals surface area contributed by atoms with Crippen LogP contribution < -0.4 is 0 Å². The molecule has 2 heterocycles. The van der Waals surface area contributed by atoms with E-state index in [9.17, 15) is 15.0 Å². The maximum atomic E-state index is 12.2. The van der Waals surface area contributed by atoms with Crippen LogP contribution in [0, 0.1) is 17.3 Å². The molecule has 2 saturated heterocycles. The molecule has 0 spiro atoms. The van der Waals surface area contributed by atoms with E-state index in [0.717, 1.165) is 17.6 Å². The maximum Gasteiger partial charge on any atom is 0.219 e. The quantitative estimate of drug-likeness (QED) is 0.605. The molecule has 2 aliphatic heterocycles. The third-order valence-corrected chi connectivity index (χ3v) is 7.10. The van der Waals surface area contributed by atoms with E-state index < -0.39 is 23.6 Å². The number of ether oxygens (including phenoxy) is 2. The molecule has 2 fully saturated rings. The number of fused-ring (bicyclic) bond motifs is 2. The van der Waals surface area contributed by atoms with Gasteiger partial charge in [0.25, 0.3) is 0 Å². The summed E-state index contributed by atoms with van der Waals surface area (Å²) in [6, 6.07) is 0. The lowest BCUT2D eigenvalue weighted by Gasteiger charge is -2.50. The number of aliphatic hydroxyl groups excluding tert-OH is 2. The number of aliphatic hydroxyl groups is 2. The first-order valence-corrected chi connectivity index (χ1v) is 10.6. The molecular formula is C24H32O5. The molecule has 0 aromatic rings. The average Bonchev–Trinajstić information content (AvgIpc) is 3.00. The maximum absolute atomic E-state index is 12.2. The molecule has 0 radical (unpaired) electrons. The zero-order chi connectivity index (χ0) is 21.0. The van der Waals surface area contributed by atoms with Crippen molar-refractivity contribution in [2.75, 3.05) is 6.61 Å². The highest BCUT2D eigenvalue weighted by Crippen LogP contribution is 2.50. The lowest BCUT2D eigenvalue weighted by atomic mass is 9.69. The molecule has 0 amide bonds. The summed E-state index contributed by atoms with van der Waals surface area (Å²) in [6.45, 7) is 8.78. The van der Waals surface area contributed by atoms with Crippen molar-refractivity contribution in [3.05, 3.63) is 47.3 Å². The molecule has 0 saturated carbocycles. The van der Waals surface area contributed by atoms with E-state index in [2.05, 4.69) is 39.0 Å². The molecule has 0 aromatic heterocycles. The van der Waals surface area contributed by atoms with Crippen molar-refractivity contribution < 1.29 is 24.5 Å². The summed E-state index contributed by atoms with van der Waals surface area (Å²) in [5.41, 5.74) is 1.25. The second-order valence-electron chi connectivity index (χ2n) is 9.94. The van der Waals surface area contributed by atoms with Crippen molar-refractivity contribution in [2.45, 2.75) is 70.9 Å². The van der Waals surface area contributed by atoms with Gasteiger partial charge in [-0.05, 0) is 61.8 Å². The SMILES string of the molecule is CC1=CCC(C)(C)/C=C/C[C@@]2(C)OC3C=C(O)C(=O)C=C4CO[C@H](C43)[C@@H]2CC1O. The third kappa shape index (κ3) is 3.76. The normalized spacial score (nSPS) is 43.0. The third-order valence-electron chi connectivity index (χ3n) is 7.10. The molecule has 4 rings (SSSR count). The number of hydrogen-bond acceptors (Lipinski definition) is 5. The Morgan fingerprint density at radius 2 is 1.97 bits per heavy atom. The van der Waals surface area contributed by atoms with Gasteiger partial charge in [-0.15, -0.1) is 0 Å². The Morgan fingerprint density at radius 1 is 1.21 bits per heavy atom. The van der Waals surface area contributed by atoms with Crippen molar-refractivity contribution in [3.8, 4) is 0 Å².